The minimum atomic E-state index is -0.594. The molecule has 0 saturated heterocycles. The van der Waals surface area contributed by atoms with Crippen molar-refractivity contribution >= 4 is 23.1 Å². The van der Waals surface area contributed by atoms with Gasteiger partial charge in [0.05, 0.1) is 5.92 Å². The number of hydrogen-bond donors (Lipinski definition) is 2. The van der Waals surface area contributed by atoms with Gasteiger partial charge in [0, 0.05) is 30.6 Å². The molecule has 0 aliphatic heterocycles. The third kappa shape index (κ3) is 2.11. The van der Waals surface area contributed by atoms with Gasteiger partial charge in [0.25, 0.3) is 0 Å². The van der Waals surface area contributed by atoms with Crippen LogP contribution in [-0.4, -0.2) is 24.2 Å². The van der Waals surface area contributed by atoms with Gasteiger partial charge in [0.1, 0.15) is 12.1 Å². The van der Waals surface area contributed by atoms with Crippen LogP contribution >= 0.6 is 0 Å². The van der Waals surface area contributed by atoms with Gasteiger partial charge in [-0.2, -0.15) is 0 Å². The van der Waals surface area contributed by atoms with E-state index in [9.17, 15) is 14.0 Å². The summed E-state index contributed by atoms with van der Waals surface area (Å²) in [5.41, 5.74) is 1.38. The van der Waals surface area contributed by atoms with Gasteiger partial charge < -0.3 is 15.1 Å². The monoisotopic (exact) mass is 248 g/mol. The molecule has 18 heavy (non-hydrogen) atoms. The van der Waals surface area contributed by atoms with Gasteiger partial charge in [-0.05, 0) is 23.8 Å². The summed E-state index contributed by atoms with van der Waals surface area (Å²) in [4.78, 5) is 25.4. The lowest BCUT2D eigenvalue weighted by Gasteiger charge is -2.11. The number of benzene rings is 1. The van der Waals surface area contributed by atoms with Crippen LogP contribution in [0.25, 0.3) is 10.9 Å². The molecule has 2 rings (SSSR count). The Morgan fingerprint density at radius 3 is 3.00 bits per heavy atom. The Hall–Kier alpha value is -2.17. The van der Waals surface area contributed by atoms with E-state index in [1.54, 1.807) is 12.3 Å². The number of halogens is 1. The highest BCUT2D eigenvalue weighted by molar-refractivity contribution is 5.93. The molecule has 0 saturated carbocycles. The van der Waals surface area contributed by atoms with Gasteiger partial charge in [-0.15, -0.1) is 0 Å². The predicted octanol–water partition coefficient (Wildman–Crippen LogP) is 1.73. The highest BCUT2D eigenvalue weighted by atomic mass is 19.1. The summed E-state index contributed by atoms with van der Waals surface area (Å²) in [6.45, 7) is 0. The third-order valence-electron chi connectivity index (χ3n) is 2.95. The number of carbonyl (C=O) groups excluding carboxylic acids is 2. The van der Waals surface area contributed by atoms with Crippen LogP contribution in [0.15, 0.2) is 24.4 Å². The van der Waals surface area contributed by atoms with Gasteiger partial charge in [-0.25, -0.2) is 4.39 Å². The topological polar surface area (TPSA) is 62.0 Å². The van der Waals surface area contributed by atoms with Crippen molar-refractivity contribution in [1.29, 1.82) is 0 Å². The predicted molar refractivity (Wildman–Crippen MR) is 65.7 cm³/mol. The number of fused-ring (bicyclic) bond motifs is 1. The summed E-state index contributed by atoms with van der Waals surface area (Å²) < 4.78 is 13.2. The molecule has 2 N–H and O–H groups in total. The number of hydrogen-bond acceptors (Lipinski definition) is 2. The second-order valence-corrected chi connectivity index (χ2v) is 4.00. The van der Waals surface area contributed by atoms with Gasteiger partial charge in [-0.1, -0.05) is 0 Å². The molecule has 0 spiro atoms. The first-order valence-corrected chi connectivity index (χ1v) is 5.59. The number of carbonyl (C=O) groups is 2. The van der Waals surface area contributed by atoms with Gasteiger partial charge in [-0.3, -0.25) is 4.79 Å². The maximum absolute atomic E-state index is 13.2. The van der Waals surface area contributed by atoms with Crippen molar-refractivity contribution in [3.8, 4) is 0 Å². The average molecular weight is 248 g/mol. The van der Waals surface area contributed by atoms with E-state index in [1.165, 1.54) is 19.2 Å². The molecule has 4 nitrogen and oxygen atoms in total. The molecule has 0 bridgehead atoms. The van der Waals surface area contributed by atoms with Crippen LogP contribution in [-0.2, 0) is 9.59 Å². The normalized spacial score (nSPS) is 12.3. The Labute approximate surface area is 103 Å². The number of likely N-dealkylation sites (N-methyl/N-ethyl adjacent to an activating group) is 1. The molecule has 94 valence electrons. The number of aromatic nitrogens is 1. The maximum atomic E-state index is 13.2. The molecule has 2 aromatic rings. The summed E-state index contributed by atoms with van der Waals surface area (Å²) in [5, 5.41) is 3.14. The molecule has 0 aliphatic carbocycles. The molecule has 1 aromatic heterocycles. The zero-order chi connectivity index (χ0) is 13.1. The van der Waals surface area contributed by atoms with E-state index in [-0.39, 0.29) is 18.1 Å². The summed E-state index contributed by atoms with van der Waals surface area (Å²) in [6, 6.07) is 4.31. The highest BCUT2D eigenvalue weighted by Crippen LogP contribution is 2.28. The Morgan fingerprint density at radius 1 is 1.56 bits per heavy atom. The van der Waals surface area contributed by atoms with Crippen LogP contribution in [0.4, 0.5) is 4.39 Å². The van der Waals surface area contributed by atoms with E-state index in [1.807, 2.05) is 0 Å². The van der Waals surface area contributed by atoms with Gasteiger partial charge >= 0.3 is 0 Å². The molecule has 5 heteroatoms. The van der Waals surface area contributed by atoms with E-state index < -0.39 is 5.92 Å². The smallest absolute Gasteiger partial charge is 0.227 e. The zero-order valence-electron chi connectivity index (χ0n) is 9.87. The Morgan fingerprint density at radius 2 is 2.33 bits per heavy atom. The first-order chi connectivity index (χ1) is 8.67. The fraction of sp³-hybridized carbons (Fsp3) is 0.231. The largest absolute Gasteiger partial charge is 0.361 e. The van der Waals surface area contributed by atoms with Crippen molar-refractivity contribution in [3.05, 3.63) is 35.8 Å². The summed E-state index contributed by atoms with van der Waals surface area (Å²) in [5.74, 6) is -1.22. The van der Waals surface area contributed by atoms with Crippen LogP contribution < -0.4 is 5.32 Å². The van der Waals surface area contributed by atoms with Gasteiger partial charge in [0.15, 0.2) is 0 Å². The highest BCUT2D eigenvalue weighted by Gasteiger charge is 2.22. The summed E-state index contributed by atoms with van der Waals surface area (Å²) >= 11 is 0. The van der Waals surface area contributed by atoms with E-state index in [2.05, 4.69) is 10.3 Å². The molecule has 1 heterocycles. The average Bonchev–Trinajstić information content (AvgIpc) is 2.78. The van der Waals surface area contributed by atoms with Crippen molar-refractivity contribution in [2.75, 3.05) is 7.05 Å². The number of aldehydes is 1. The lowest BCUT2D eigenvalue weighted by Crippen LogP contribution is -2.26. The number of amides is 1. The summed E-state index contributed by atoms with van der Waals surface area (Å²) in [7, 11) is 1.51. The van der Waals surface area contributed by atoms with Crippen LogP contribution in [0.5, 0.6) is 0 Å². The van der Waals surface area contributed by atoms with Crippen molar-refractivity contribution in [1.82, 2.24) is 10.3 Å². The quantitative estimate of drug-likeness (QED) is 0.809. The zero-order valence-corrected chi connectivity index (χ0v) is 9.87. The molecule has 0 fully saturated rings. The van der Waals surface area contributed by atoms with Crippen LogP contribution in [0.2, 0.25) is 0 Å². The fourth-order valence-corrected chi connectivity index (χ4v) is 2.05. The maximum Gasteiger partial charge on any atom is 0.227 e. The lowest BCUT2D eigenvalue weighted by molar-refractivity contribution is -0.123. The fourth-order valence-electron chi connectivity index (χ4n) is 2.05. The standard InChI is InChI=1S/C13H13FN2O2/c1-15-13(18)9(4-5-17)11-7-16-12-3-2-8(14)6-10(11)12/h2-3,5-7,9,16H,4H2,1H3,(H,15,18). The van der Waals surface area contributed by atoms with Crippen molar-refractivity contribution in [3.63, 3.8) is 0 Å². The lowest BCUT2D eigenvalue weighted by atomic mass is 9.95. The van der Waals surface area contributed by atoms with E-state index >= 15 is 0 Å². The summed E-state index contributed by atoms with van der Waals surface area (Å²) in [6.07, 6.45) is 2.41. The molecule has 1 aromatic carbocycles. The first kappa shape index (κ1) is 12.3. The van der Waals surface area contributed by atoms with E-state index in [0.29, 0.717) is 17.2 Å². The molecule has 1 unspecified atom stereocenters. The van der Waals surface area contributed by atoms with Crippen molar-refractivity contribution in [2.24, 2.45) is 0 Å². The Bertz CT molecular complexity index is 592. The van der Waals surface area contributed by atoms with Crippen LogP contribution in [0.3, 0.4) is 0 Å². The minimum absolute atomic E-state index is 0.0726. The second kappa shape index (κ2) is 5.00. The number of H-pyrrole nitrogens is 1. The van der Waals surface area contributed by atoms with Crippen molar-refractivity contribution in [2.45, 2.75) is 12.3 Å². The third-order valence-corrected chi connectivity index (χ3v) is 2.95. The molecule has 1 amide bonds. The molecule has 1 atom stereocenters. The molecule has 0 aliphatic rings. The number of aromatic amines is 1. The number of nitrogens with one attached hydrogen (secondary N) is 2. The molecule has 0 radical (unpaired) electrons. The van der Waals surface area contributed by atoms with Crippen LogP contribution in [0.1, 0.15) is 17.9 Å². The Kier molecular flexibility index (Phi) is 3.41. The first-order valence-electron chi connectivity index (χ1n) is 5.59. The second-order valence-electron chi connectivity index (χ2n) is 4.00. The molecular weight excluding hydrogens is 235 g/mol. The van der Waals surface area contributed by atoms with Crippen molar-refractivity contribution < 1.29 is 14.0 Å². The van der Waals surface area contributed by atoms with E-state index in [4.69, 9.17) is 0 Å². The molecular formula is C13H13FN2O2. The minimum Gasteiger partial charge on any atom is -0.361 e. The SMILES string of the molecule is CNC(=O)C(CC=O)c1c[nH]c2ccc(F)cc12. The van der Waals surface area contributed by atoms with Gasteiger partial charge in [0.2, 0.25) is 5.91 Å². The number of rotatable bonds is 4. The Balaban J connectivity index is 2.53. The van der Waals surface area contributed by atoms with E-state index in [0.717, 1.165) is 5.52 Å². The van der Waals surface area contributed by atoms with Crippen LogP contribution in [0, 0.1) is 5.82 Å².